The van der Waals surface area contributed by atoms with Crippen molar-refractivity contribution in [1.82, 2.24) is 0 Å². The molecule has 0 aliphatic heterocycles. The molecule has 0 unspecified atom stereocenters. The Hall–Kier alpha value is -2.60. The number of amides is 1. The van der Waals surface area contributed by atoms with E-state index in [9.17, 15) is 4.79 Å². The number of nitrogens with one attached hydrogen (secondary N) is 1. The molecule has 0 aliphatic rings. The Kier molecular flexibility index (Phi) is 5.94. The van der Waals surface area contributed by atoms with Crippen molar-refractivity contribution < 1.29 is 4.79 Å². The van der Waals surface area contributed by atoms with Gasteiger partial charge in [-0.3, -0.25) is 4.79 Å². The molecule has 0 bridgehead atoms. The van der Waals surface area contributed by atoms with Crippen molar-refractivity contribution in [2.75, 3.05) is 5.32 Å². The van der Waals surface area contributed by atoms with Gasteiger partial charge >= 0.3 is 0 Å². The van der Waals surface area contributed by atoms with Crippen LogP contribution < -0.4 is 5.32 Å². The molecular weight excluding hydrogens is 284 g/mol. The summed E-state index contributed by atoms with van der Waals surface area (Å²) in [5.41, 5.74) is 4.21. The van der Waals surface area contributed by atoms with Crippen LogP contribution in [0.25, 0.3) is 0 Å². The first-order valence-corrected chi connectivity index (χ1v) is 7.93. The molecule has 3 nitrogen and oxygen atoms in total. The number of hydrogen-bond donors (Lipinski definition) is 1. The van der Waals surface area contributed by atoms with E-state index in [2.05, 4.69) is 49.5 Å². The van der Waals surface area contributed by atoms with E-state index < -0.39 is 0 Å². The Morgan fingerprint density at radius 1 is 1.04 bits per heavy atom. The molecule has 0 saturated carbocycles. The highest BCUT2D eigenvalue weighted by Gasteiger charge is 2.04. The van der Waals surface area contributed by atoms with Gasteiger partial charge in [0.15, 0.2) is 0 Å². The van der Waals surface area contributed by atoms with Gasteiger partial charge in [0.2, 0.25) is 5.91 Å². The van der Waals surface area contributed by atoms with Crippen molar-refractivity contribution >= 4 is 11.6 Å². The van der Waals surface area contributed by atoms with E-state index in [4.69, 9.17) is 5.26 Å². The average Bonchev–Trinajstić information content (AvgIpc) is 2.55. The fraction of sp³-hybridized carbons (Fsp3) is 0.300. The number of hydrogen-bond acceptors (Lipinski definition) is 2. The van der Waals surface area contributed by atoms with Crippen molar-refractivity contribution in [3.05, 3.63) is 65.2 Å². The highest BCUT2D eigenvalue weighted by molar-refractivity contribution is 5.90. The molecular formula is C20H22N2O. The third kappa shape index (κ3) is 5.27. The van der Waals surface area contributed by atoms with E-state index in [1.807, 2.05) is 24.3 Å². The summed E-state index contributed by atoms with van der Waals surface area (Å²) >= 11 is 0. The maximum atomic E-state index is 12.0. The summed E-state index contributed by atoms with van der Waals surface area (Å²) in [6.07, 6.45) is 1.58. The zero-order chi connectivity index (χ0) is 16.7. The molecule has 0 radical (unpaired) electrons. The van der Waals surface area contributed by atoms with Crippen LogP contribution in [0.4, 0.5) is 5.69 Å². The summed E-state index contributed by atoms with van der Waals surface area (Å²) < 4.78 is 0. The van der Waals surface area contributed by atoms with Gasteiger partial charge in [0.25, 0.3) is 0 Å². The Morgan fingerprint density at radius 2 is 1.65 bits per heavy atom. The van der Waals surface area contributed by atoms with Crippen molar-refractivity contribution in [1.29, 1.82) is 5.26 Å². The zero-order valence-electron chi connectivity index (χ0n) is 13.7. The minimum Gasteiger partial charge on any atom is -0.326 e. The van der Waals surface area contributed by atoms with E-state index in [1.165, 1.54) is 11.1 Å². The molecule has 0 aromatic heterocycles. The SMILES string of the molecule is CC(C)c1ccc(CCC(=O)Nc2ccc(CC#N)cc2)cc1. The van der Waals surface area contributed by atoms with Crippen LogP contribution in [0.5, 0.6) is 0 Å². The summed E-state index contributed by atoms with van der Waals surface area (Å²) in [6.45, 7) is 4.34. The molecule has 0 fully saturated rings. The monoisotopic (exact) mass is 306 g/mol. The smallest absolute Gasteiger partial charge is 0.224 e. The fourth-order valence-corrected chi connectivity index (χ4v) is 2.35. The van der Waals surface area contributed by atoms with Crippen molar-refractivity contribution in [3.63, 3.8) is 0 Å². The second-order valence-electron chi connectivity index (χ2n) is 5.98. The normalized spacial score (nSPS) is 10.3. The van der Waals surface area contributed by atoms with Crippen molar-refractivity contribution in [2.24, 2.45) is 0 Å². The summed E-state index contributed by atoms with van der Waals surface area (Å²) in [5, 5.41) is 11.5. The summed E-state index contributed by atoms with van der Waals surface area (Å²) in [6, 6.07) is 18.0. The van der Waals surface area contributed by atoms with Crippen LogP contribution in [0.3, 0.4) is 0 Å². The molecule has 118 valence electrons. The van der Waals surface area contributed by atoms with E-state index in [1.54, 1.807) is 0 Å². The molecule has 0 atom stereocenters. The highest BCUT2D eigenvalue weighted by Crippen LogP contribution is 2.16. The standard InChI is InChI=1S/C20H22N2O/c1-15(2)18-8-3-16(4-9-18)7-12-20(23)22-19-10-5-17(6-11-19)13-14-21/h3-6,8-11,15H,7,12-13H2,1-2H3,(H,22,23). The third-order valence-corrected chi connectivity index (χ3v) is 3.81. The number of anilines is 1. The number of carbonyl (C=O) groups is 1. The van der Waals surface area contributed by atoms with Crippen LogP contribution >= 0.6 is 0 Å². The molecule has 3 heteroatoms. The Labute approximate surface area is 138 Å². The second-order valence-corrected chi connectivity index (χ2v) is 5.98. The lowest BCUT2D eigenvalue weighted by molar-refractivity contribution is -0.116. The molecule has 0 saturated heterocycles. The maximum absolute atomic E-state index is 12.0. The molecule has 2 aromatic rings. The second kappa shape index (κ2) is 8.14. The third-order valence-electron chi connectivity index (χ3n) is 3.81. The number of carbonyl (C=O) groups excluding carboxylic acids is 1. The Balaban J connectivity index is 1.83. The molecule has 0 spiro atoms. The topological polar surface area (TPSA) is 52.9 Å². The van der Waals surface area contributed by atoms with Gasteiger partial charge in [0.1, 0.15) is 0 Å². The molecule has 0 heterocycles. The maximum Gasteiger partial charge on any atom is 0.224 e. The van der Waals surface area contributed by atoms with E-state index in [0.29, 0.717) is 18.8 Å². The van der Waals surface area contributed by atoms with Gasteiger partial charge in [-0.05, 0) is 41.2 Å². The van der Waals surface area contributed by atoms with Gasteiger partial charge in [-0.15, -0.1) is 0 Å². The van der Waals surface area contributed by atoms with Gasteiger partial charge in [-0.1, -0.05) is 50.2 Å². The summed E-state index contributed by atoms with van der Waals surface area (Å²) in [4.78, 5) is 12.0. The molecule has 0 aliphatic carbocycles. The number of nitrogens with zero attached hydrogens (tertiary/aromatic N) is 1. The van der Waals surface area contributed by atoms with Gasteiger partial charge in [0.05, 0.1) is 12.5 Å². The number of nitriles is 1. The molecule has 2 rings (SSSR count). The molecule has 23 heavy (non-hydrogen) atoms. The van der Waals surface area contributed by atoms with Gasteiger partial charge in [-0.2, -0.15) is 5.26 Å². The van der Waals surface area contributed by atoms with Gasteiger partial charge < -0.3 is 5.32 Å². The van der Waals surface area contributed by atoms with Crippen LogP contribution in [0.15, 0.2) is 48.5 Å². The van der Waals surface area contributed by atoms with Crippen molar-refractivity contribution in [3.8, 4) is 6.07 Å². The van der Waals surface area contributed by atoms with Crippen LogP contribution in [0.1, 0.15) is 42.9 Å². The predicted octanol–water partition coefficient (Wildman–Crippen LogP) is 4.45. The quantitative estimate of drug-likeness (QED) is 0.857. The van der Waals surface area contributed by atoms with E-state index in [0.717, 1.165) is 17.7 Å². The lowest BCUT2D eigenvalue weighted by atomic mass is 10.0. The number of benzene rings is 2. The van der Waals surface area contributed by atoms with Crippen LogP contribution in [-0.4, -0.2) is 5.91 Å². The predicted molar refractivity (Wildman–Crippen MR) is 93.2 cm³/mol. The van der Waals surface area contributed by atoms with Crippen LogP contribution in [0.2, 0.25) is 0 Å². The molecule has 1 amide bonds. The fourth-order valence-electron chi connectivity index (χ4n) is 2.35. The van der Waals surface area contributed by atoms with Crippen LogP contribution in [-0.2, 0) is 17.6 Å². The Bertz CT molecular complexity index is 679. The van der Waals surface area contributed by atoms with Gasteiger partial charge in [0, 0.05) is 12.1 Å². The zero-order valence-corrected chi connectivity index (χ0v) is 13.7. The first kappa shape index (κ1) is 16.8. The minimum atomic E-state index is 0.00553. The highest BCUT2D eigenvalue weighted by atomic mass is 16.1. The number of aryl methyl sites for hydroxylation is 1. The minimum absolute atomic E-state index is 0.00553. The molecule has 2 aromatic carbocycles. The first-order chi connectivity index (χ1) is 11.1. The largest absolute Gasteiger partial charge is 0.326 e. The van der Waals surface area contributed by atoms with E-state index in [-0.39, 0.29) is 5.91 Å². The van der Waals surface area contributed by atoms with Crippen LogP contribution in [0, 0.1) is 11.3 Å². The summed E-state index contributed by atoms with van der Waals surface area (Å²) in [7, 11) is 0. The van der Waals surface area contributed by atoms with E-state index >= 15 is 0 Å². The molecule has 1 N–H and O–H groups in total. The Morgan fingerprint density at radius 3 is 2.22 bits per heavy atom. The lowest BCUT2D eigenvalue weighted by Gasteiger charge is -2.08. The lowest BCUT2D eigenvalue weighted by Crippen LogP contribution is -2.12. The average molecular weight is 306 g/mol. The number of rotatable bonds is 6. The van der Waals surface area contributed by atoms with Gasteiger partial charge in [-0.25, -0.2) is 0 Å². The first-order valence-electron chi connectivity index (χ1n) is 7.93. The van der Waals surface area contributed by atoms with Crippen molar-refractivity contribution in [2.45, 2.75) is 39.0 Å². The summed E-state index contributed by atoms with van der Waals surface area (Å²) in [5.74, 6) is 0.530.